The Bertz CT molecular complexity index is 663. The molecular weight excluding hydrogens is 364 g/mol. The Balaban J connectivity index is 1.66. The first-order valence-electron chi connectivity index (χ1n) is 11.0. The zero-order chi connectivity index (χ0) is 21.0. The lowest BCUT2D eigenvalue weighted by Gasteiger charge is -2.41. The van der Waals surface area contributed by atoms with E-state index in [1.807, 2.05) is 0 Å². The monoisotopic (exact) mass is 402 g/mol. The van der Waals surface area contributed by atoms with E-state index in [2.05, 4.69) is 79.0 Å². The average Bonchev–Trinajstić information content (AvgIpc) is 2.66. The minimum absolute atomic E-state index is 0.120. The van der Waals surface area contributed by atoms with E-state index in [-0.39, 0.29) is 30.1 Å². The molecule has 0 radical (unpaired) electrons. The number of likely N-dealkylation sites (N-methyl/N-ethyl adjacent to an activating group) is 1. The summed E-state index contributed by atoms with van der Waals surface area (Å²) < 4.78 is 5.86. The second-order valence-electron chi connectivity index (χ2n) is 9.04. The van der Waals surface area contributed by atoms with Gasteiger partial charge in [0.1, 0.15) is 0 Å². The van der Waals surface area contributed by atoms with Crippen molar-refractivity contribution in [2.75, 3.05) is 51.2 Å². The van der Waals surface area contributed by atoms with Crippen LogP contribution in [0.25, 0.3) is 0 Å². The predicted molar refractivity (Wildman–Crippen MR) is 118 cm³/mol. The second-order valence-corrected chi connectivity index (χ2v) is 9.04. The van der Waals surface area contributed by atoms with E-state index in [9.17, 15) is 4.79 Å². The molecule has 2 heterocycles. The number of anilines is 1. The van der Waals surface area contributed by atoms with Gasteiger partial charge in [0.2, 0.25) is 5.91 Å². The van der Waals surface area contributed by atoms with Crippen molar-refractivity contribution in [3.8, 4) is 0 Å². The Labute approximate surface area is 176 Å². The molecule has 2 saturated heterocycles. The summed E-state index contributed by atoms with van der Waals surface area (Å²) in [5, 5.41) is 3.24. The number of hydrogen-bond acceptors (Lipinski definition) is 5. The third kappa shape index (κ3) is 5.71. The van der Waals surface area contributed by atoms with Crippen molar-refractivity contribution < 1.29 is 9.53 Å². The van der Waals surface area contributed by atoms with Gasteiger partial charge in [-0.05, 0) is 38.4 Å². The largest absolute Gasteiger partial charge is 0.373 e. The SMILES string of the molecule is CC1CN(C(C(=O)NCc2ccccc2N2CCN(C)CC2)C(C)C)CC(C)O1. The Morgan fingerprint density at radius 1 is 1.10 bits per heavy atom. The van der Waals surface area contributed by atoms with E-state index >= 15 is 0 Å². The molecule has 1 N–H and O–H groups in total. The van der Waals surface area contributed by atoms with E-state index in [4.69, 9.17) is 4.74 Å². The van der Waals surface area contributed by atoms with Crippen molar-refractivity contribution in [1.29, 1.82) is 0 Å². The number of para-hydroxylation sites is 1. The molecule has 0 saturated carbocycles. The van der Waals surface area contributed by atoms with Gasteiger partial charge in [-0.2, -0.15) is 0 Å². The molecule has 0 aromatic heterocycles. The lowest BCUT2D eigenvalue weighted by Crippen LogP contribution is -2.56. The molecule has 0 bridgehead atoms. The number of rotatable bonds is 6. The van der Waals surface area contributed by atoms with Crippen molar-refractivity contribution in [1.82, 2.24) is 15.1 Å². The fraction of sp³-hybridized carbons (Fsp3) is 0.696. The van der Waals surface area contributed by atoms with Crippen LogP contribution < -0.4 is 10.2 Å². The van der Waals surface area contributed by atoms with Gasteiger partial charge in [-0.15, -0.1) is 0 Å². The zero-order valence-electron chi connectivity index (χ0n) is 18.7. The maximum absolute atomic E-state index is 13.2. The molecule has 2 fully saturated rings. The van der Waals surface area contributed by atoms with E-state index in [1.54, 1.807) is 0 Å². The first-order valence-corrected chi connectivity index (χ1v) is 11.0. The molecule has 1 amide bonds. The number of nitrogens with zero attached hydrogens (tertiary/aromatic N) is 3. The minimum atomic E-state index is -0.125. The summed E-state index contributed by atoms with van der Waals surface area (Å²) in [5.74, 6) is 0.370. The van der Waals surface area contributed by atoms with Crippen molar-refractivity contribution in [2.24, 2.45) is 5.92 Å². The van der Waals surface area contributed by atoms with Gasteiger partial charge in [0.05, 0.1) is 18.2 Å². The van der Waals surface area contributed by atoms with Crippen LogP contribution in [0.4, 0.5) is 5.69 Å². The smallest absolute Gasteiger partial charge is 0.237 e. The zero-order valence-corrected chi connectivity index (χ0v) is 18.7. The topological polar surface area (TPSA) is 48.1 Å². The van der Waals surface area contributed by atoms with E-state index in [0.29, 0.717) is 6.54 Å². The molecule has 3 atom stereocenters. The minimum Gasteiger partial charge on any atom is -0.373 e. The second kappa shape index (κ2) is 9.92. The molecule has 2 aliphatic heterocycles. The lowest BCUT2D eigenvalue weighted by atomic mass is 9.99. The fourth-order valence-electron chi connectivity index (χ4n) is 4.64. The van der Waals surface area contributed by atoms with Gasteiger partial charge in [0.25, 0.3) is 0 Å². The van der Waals surface area contributed by atoms with Gasteiger partial charge in [0.15, 0.2) is 0 Å². The van der Waals surface area contributed by atoms with Crippen LogP contribution in [0.15, 0.2) is 24.3 Å². The summed E-state index contributed by atoms with van der Waals surface area (Å²) in [6, 6.07) is 8.34. The van der Waals surface area contributed by atoms with Crippen LogP contribution in [0, 0.1) is 5.92 Å². The van der Waals surface area contributed by atoms with E-state index in [1.165, 1.54) is 11.3 Å². The summed E-state index contributed by atoms with van der Waals surface area (Å²) >= 11 is 0. The number of amides is 1. The number of benzene rings is 1. The number of piperazine rings is 1. The van der Waals surface area contributed by atoms with Crippen LogP contribution in [0.5, 0.6) is 0 Å². The molecule has 1 aromatic carbocycles. The molecule has 1 aromatic rings. The quantitative estimate of drug-likeness (QED) is 0.790. The van der Waals surface area contributed by atoms with Crippen molar-refractivity contribution >= 4 is 11.6 Å². The first-order chi connectivity index (χ1) is 13.8. The third-order valence-electron chi connectivity index (χ3n) is 6.03. The molecule has 0 spiro atoms. The van der Waals surface area contributed by atoms with Crippen molar-refractivity contribution in [3.05, 3.63) is 29.8 Å². The molecule has 6 heteroatoms. The maximum Gasteiger partial charge on any atom is 0.237 e. The Morgan fingerprint density at radius 3 is 2.34 bits per heavy atom. The highest BCUT2D eigenvalue weighted by Crippen LogP contribution is 2.23. The van der Waals surface area contributed by atoms with Crippen LogP contribution in [0.3, 0.4) is 0 Å². The van der Waals surface area contributed by atoms with Crippen LogP contribution in [-0.2, 0) is 16.1 Å². The van der Waals surface area contributed by atoms with Crippen molar-refractivity contribution in [3.63, 3.8) is 0 Å². The molecule has 2 aliphatic rings. The lowest BCUT2D eigenvalue weighted by molar-refractivity contribution is -0.135. The molecule has 3 unspecified atom stereocenters. The summed E-state index contributed by atoms with van der Waals surface area (Å²) in [6.07, 6.45) is 0.316. The Hall–Kier alpha value is -1.63. The number of ether oxygens (including phenoxy) is 1. The number of carbonyl (C=O) groups excluding carboxylic acids is 1. The number of nitrogens with one attached hydrogen (secondary N) is 1. The van der Waals surface area contributed by atoms with Gasteiger partial charge in [-0.3, -0.25) is 9.69 Å². The van der Waals surface area contributed by atoms with Gasteiger partial charge in [-0.25, -0.2) is 0 Å². The fourth-order valence-corrected chi connectivity index (χ4v) is 4.64. The van der Waals surface area contributed by atoms with Gasteiger partial charge in [0, 0.05) is 51.5 Å². The number of morpholine rings is 1. The molecule has 29 heavy (non-hydrogen) atoms. The van der Waals surface area contributed by atoms with Crippen LogP contribution in [0.2, 0.25) is 0 Å². The number of hydrogen-bond donors (Lipinski definition) is 1. The highest BCUT2D eigenvalue weighted by Gasteiger charge is 2.34. The predicted octanol–water partition coefficient (Wildman–Crippen LogP) is 2.19. The third-order valence-corrected chi connectivity index (χ3v) is 6.03. The van der Waals surface area contributed by atoms with E-state index in [0.717, 1.165) is 39.3 Å². The van der Waals surface area contributed by atoms with Gasteiger partial charge in [-0.1, -0.05) is 32.0 Å². The Kier molecular flexibility index (Phi) is 7.55. The average molecular weight is 403 g/mol. The Morgan fingerprint density at radius 2 is 1.72 bits per heavy atom. The molecule has 3 rings (SSSR count). The summed E-state index contributed by atoms with van der Waals surface area (Å²) in [7, 11) is 2.17. The number of carbonyl (C=O) groups is 1. The summed E-state index contributed by atoms with van der Waals surface area (Å²) in [6.45, 7) is 14.8. The summed E-state index contributed by atoms with van der Waals surface area (Å²) in [5.41, 5.74) is 2.44. The normalized spacial score (nSPS) is 25.2. The van der Waals surface area contributed by atoms with E-state index < -0.39 is 0 Å². The van der Waals surface area contributed by atoms with Crippen LogP contribution in [-0.4, -0.2) is 80.3 Å². The molecule has 162 valence electrons. The maximum atomic E-state index is 13.2. The highest BCUT2D eigenvalue weighted by molar-refractivity contribution is 5.82. The highest BCUT2D eigenvalue weighted by atomic mass is 16.5. The summed E-state index contributed by atoms with van der Waals surface area (Å²) in [4.78, 5) is 20.3. The standard InChI is InChI=1S/C23H38N4O2/c1-17(2)22(27-15-18(3)29-19(4)16-27)23(28)24-14-20-8-6-7-9-21(20)26-12-10-25(5)11-13-26/h6-9,17-19,22H,10-16H2,1-5H3,(H,24,28). The van der Waals surface area contributed by atoms with Gasteiger partial charge >= 0.3 is 0 Å². The van der Waals surface area contributed by atoms with Gasteiger partial charge < -0.3 is 19.9 Å². The molecule has 0 aliphatic carbocycles. The van der Waals surface area contributed by atoms with Crippen LogP contribution in [0.1, 0.15) is 33.3 Å². The first kappa shape index (κ1) is 22.1. The molecular formula is C23H38N4O2. The molecule has 6 nitrogen and oxygen atoms in total. The van der Waals surface area contributed by atoms with Crippen LogP contribution >= 0.6 is 0 Å². The van der Waals surface area contributed by atoms with Crippen molar-refractivity contribution in [2.45, 2.75) is 52.5 Å².